The molecule has 2 aromatic rings. The van der Waals surface area contributed by atoms with Crippen LogP contribution in [-0.2, 0) is 13.0 Å². The van der Waals surface area contributed by atoms with E-state index in [2.05, 4.69) is 39.4 Å². The van der Waals surface area contributed by atoms with Gasteiger partial charge in [-0.25, -0.2) is 0 Å². The Kier molecular flexibility index (Phi) is 5.08. The first-order chi connectivity index (χ1) is 11.2. The number of aliphatic hydroxyl groups excluding tert-OH is 1. The molecule has 1 atom stereocenters. The minimum absolute atomic E-state index is 0.129. The molecule has 0 bridgehead atoms. The summed E-state index contributed by atoms with van der Waals surface area (Å²) in [6, 6.07) is 8.92. The Balaban J connectivity index is 1.81. The van der Waals surface area contributed by atoms with E-state index in [0.29, 0.717) is 30.9 Å². The number of rotatable bonds is 6. The molecule has 0 fully saturated rings. The number of hydrogen-bond acceptors (Lipinski definition) is 5. The molecular formula is C18H25N3O2. The maximum atomic E-state index is 9.48. The van der Waals surface area contributed by atoms with Gasteiger partial charge in [0.2, 0.25) is 11.8 Å². The molecule has 1 aromatic heterocycles. The first-order valence-electron chi connectivity index (χ1n) is 8.44. The highest BCUT2D eigenvalue weighted by molar-refractivity contribution is 5.32. The minimum atomic E-state index is 0.129. The molecule has 0 spiro atoms. The van der Waals surface area contributed by atoms with Gasteiger partial charge in [0.15, 0.2) is 0 Å². The van der Waals surface area contributed by atoms with Gasteiger partial charge >= 0.3 is 0 Å². The van der Waals surface area contributed by atoms with Gasteiger partial charge < -0.3 is 9.52 Å². The molecule has 3 rings (SSSR count). The Morgan fingerprint density at radius 1 is 1.30 bits per heavy atom. The molecule has 124 valence electrons. The Labute approximate surface area is 137 Å². The van der Waals surface area contributed by atoms with Crippen LogP contribution >= 0.6 is 0 Å². The number of nitrogens with zero attached hydrogens (tertiary/aromatic N) is 3. The summed E-state index contributed by atoms with van der Waals surface area (Å²) in [6.45, 7) is 5.40. The maximum absolute atomic E-state index is 9.48. The monoisotopic (exact) mass is 315 g/mol. The first-order valence-corrected chi connectivity index (χ1v) is 8.44. The molecular weight excluding hydrogens is 290 g/mol. The van der Waals surface area contributed by atoms with Crippen molar-refractivity contribution >= 4 is 0 Å². The van der Waals surface area contributed by atoms with Crippen molar-refractivity contribution in [3.05, 3.63) is 47.2 Å². The Bertz CT molecular complexity index is 639. The molecule has 0 radical (unpaired) electrons. The van der Waals surface area contributed by atoms with Gasteiger partial charge in [0.1, 0.15) is 0 Å². The van der Waals surface area contributed by atoms with E-state index in [4.69, 9.17) is 4.42 Å². The van der Waals surface area contributed by atoms with E-state index in [9.17, 15) is 5.11 Å². The summed E-state index contributed by atoms with van der Waals surface area (Å²) >= 11 is 0. The third kappa shape index (κ3) is 3.62. The van der Waals surface area contributed by atoms with Gasteiger partial charge in [-0.15, -0.1) is 10.2 Å². The smallest absolute Gasteiger partial charge is 0.230 e. The lowest BCUT2D eigenvalue weighted by atomic mass is 9.87. The van der Waals surface area contributed by atoms with Crippen LogP contribution in [0.15, 0.2) is 28.7 Å². The normalized spacial score (nSPS) is 17.7. The Morgan fingerprint density at radius 3 is 2.87 bits per heavy atom. The van der Waals surface area contributed by atoms with E-state index in [1.165, 1.54) is 17.5 Å². The van der Waals surface area contributed by atoms with Gasteiger partial charge in [0, 0.05) is 18.5 Å². The van der Waals surface area contributed by atoms with Crippen molar-refractivity contribution in [1.29, 1.82) is 0 Å². The quantitative estimate of drug-likeness (QED) is 0.887. The highest BCUT2D eigenvalue weighted by Crippen LogP contribution is 2.34. The molecule has 0 saturated carbocycles. The fourth-order valence-electron chi connectivity index (χ4n) is 3.32. The molecule has 1 N–H and O–H groups in total. The second kappa shape index (κ2) is 7.23. The van der Waals surface area contributed by atoms with Gasteiger partial charge in [-0.05, 0) is 30.4 Å². The zero-order valence-corrected chi connectivity index (χ0v) is 13.9. The second-order valence-electron chi connectivity index (χ2n) is 6.49. The molecule has 5 heteroatoms. The van der Waals surface area contributed by atoms with Gasteiger partial charge in [0.25, 0.3) is 0 Å². The maximum Gasteiger partial charge on any atom is 0.230 e. The summed E-state index contributed by atoms with van der Waals surface area (Å²) in [6.07, 6.45) is 3.41. The fraction of sp³-hybridized carbons (Fsp3) is 0.556. The second-order valence-corrected chi connectivity index (χ2v) is 6.49. The summed E-state index contributed by atoms with van der Waals surface area (Å²) in [5.41, 5.74) is 2.79. The molecule has 0 saturated heterocycles. The molecule has 1 aliphatic rings. The van der Waals surface area contributed by atoms with Crippen LogP contribution in [0, 0.1) is 0 Å². The molecule has 1 aliphatic carbocycles. The zero-order valence-electron chi connectivity index (χ0n) is 13.9. The average molecular weight is 315 g/mol. The minimum Gasteiger partial charge on any atom is -0.424 e. The van der Waals surface area contributed by atoms with Crippen molar-refractivity contribution in [2.75, 3.05) is 13.2 Å². The van der Waals surface area contributed by atoms with Crippen molar-refractivity contribution in [2.45, 2.75) is 51.6 Å². The van der Waals surface area contributed by atoms with Crippen LogP contribution in [0.5, 0.6) is 0 Å². The lowest BCUT2D eigenvalue weighted by Crippen LogP contribution is -2.33. The largest absolute Gasteiger partial charge is 0.424 e. The van der Waals surface area contributed by atoms with Crippen molar-refractivity contribution in [2.24, 2.45) is 0 Å². The van der Waals surface area contributed by atoms with Crippen molar-refractivity contribution < 1.29 is 9.52 Å². The van der Waals surface area contributed by atoms with E-state index >= 15 is 0 Å². The summed E-state index contributed by atoms with van der Waals surface area (Å²) in [4.78, 5) is 2.26. The van der Waals surface area contributed by atoms with E-state index in [1.54, 1.807) is 0 Å². The summed E-state index contributed by atoms with van der Waals surface area (Å²) in [5.74, 6) is 1.54. The van der Waals surface area contributed by atoms with Crippen molar-refractivity contribution in [3.8, 4) is 0 Å². The van der Waals surface area contributed by atoms with Gasteiger partial charge in [-0.1, -0.05) is 38.1 Å². The van der Waals surface area contributed by atoms with Gasteiger partial charge in [-0.3, -0.25) is 4.90 Å². The number of fused-ring (bicyclic) bond motifs is 1. The molecule has 5 nitrogen and oxygen atoms in total. The summed E-state index contributed by atoms with van der Waals surface area (Å²) in [7, 11) is 0. The Morgan fingerprint density at radius 2 is 2.13 bits per heavy atom. The number of aliphatic hydroxyl groups is 1. The highest BCUT2D eigenvalue weighted by Gasteiger charge is 2.27. The standard InChI is InChI=1S/C18H25N3O2/c1-13(2)18-20-19-17(23-18)12-21(10-11-22)16-9-5-7-14-6-3-4-8-15(14)16/h3-4,6,8,13,16,22H,5,7,9-12H2,1-2H3. The molecule has 1 unspecified atom stereocenters. The van der Waals surface area contributed by atoms with Gasteiger partial charge in [-0.2, -0.15) is 0 Å². The van der Waals surface area contributed by atoms with Gasteiger partial charge in [0.05, 0.1) is 13.2 Å². The summed E-state index contributed by atoms with van der Waals surface area (Å²) < 4.78 is 5.76. The molecule has 23 heavy (non-hydrogen) atoms. The predicted molar refractivity (Wildman–Crippen MR) is 88.0 cm³/mol. The van der Waals surface area contributed by atoms with Crippen LogP contribution in [-0.4, -0.2) is 33.4 Å². The lowest BCUT2D eigenvalue weighted by Gasteiger charge is -2.34. The summed E-state index contributed by atoms with van der Waals surface area (Å²) in [5, 5.41) is 17.8. The fourth-order valence-corrected chi connectivity index (χ4v) is 3.32. The molecule has 1 aromatic carbocycles. The SMILES string of the molecule is CC(C)c1nnc(CN(CCO)C2CCCc3ccccc32)o1. The third-order valence-corrected chi connectivity index (χ3v) is 4.48. The van der Waals surface area contributed by atoms with Crippen molar-refractivity contribution in [1.82, 2.24) is 15.1 Å². The first kappa shape index (κ1) is 16.1. The molecule has 0 amide bonds. The van der Waals surface area contributed by atoms with Crippen LogP contribution < -0.4 is 0 Å². The van der Waals surface area contributed by atoms with Crippen molar-refractivity contribution in [3.63, 3.8) is 0 Å². The number of hydrogen-bond donors (Lipinski definition) is 1. The molecule has 1 heterocycles. The average Bonchev–Trinajstić information content (AvgIpc) is 3.03. The number of benzene rings is 1. The predicted octanol–water partition coefficient (Wildman–Crippen LogP) is 3.06. The topological polar surface area (TPSA) is 62.4 Å². The van der Waals surface area contributed by atoms with E-state index in [0.717, 1.165) is 12.8 Å². The van der Waals surface area contributed by atoms with Crippen LogP contribution in [0.2, 0.25) is 0 Å². The van der Waals surface area contributed by atoms with Crippen LogP contribution in [0.3, 0.4) is 0 Å². The Hall–Kier alpha value is -1.72. The third-order valence-electron chi connectivity index (χ3n) is 4.48. The number of aromatic nitrogens is 2. The van der Waals surface area contributed by atoms with E-state index in [1.807, 2.05) is 13.8 Å². The lowest BCUT2D eigenvalue weighted by molar-refractivity contribution is 0.120. The van der Waals surface area contributed by atoms with E-state index in [-0.39, 0.29) is 12.5 Å². The highest BCUT2D eigenvalue weighted by atomic mass is 16.4. The van der Waals surface area contributed by atoms with Crippen LogP contribution in [0.4, 0.5) is 0 Å². The van der Waals surface area contributed by atoms with Crippen LogP contribution in [0.1, 0.15) is 61.6 Å². The molecule has 0 aliphatic heterocycles. The van der Waals surface area contributed by atoms with Crippen LogP contribution in [0.25, 0.3) is 0 Å². The zero-order chi connectivity index (χ0) is 16.2. The number of aryl methyl sites for hydroxylation is 1. The van der Waals surface area contributed by atoms with E-state index < -0.39 is 0 Å².